The molecule has 0 amide bonds. The average molecular weight is 255 g/mol. The summed E-state index contributed by atoms with van der Waals surface area (Å²) in [7, 11) is 1.67. The van der Waals surface area contributed by atoms with E-state index >= 15 is 0 Å². The Hall–Kier alpha value is -0.940. The summed E-state index contributed by atoms with van der Waals surface area (Å²) in [5, 5.41) is 4.01. The van der Waals surface area contributed by atoms with Gasteiger partial charge in [-0.3, -0.25) is 0 Å². The quantitative estimate of drug-likeness (QED) is 0.845. The average Bonchev–Trinajstić information content (AvgIpc) is 2.64. The van der Waals surface area contributed by atoms with Crippen molar-refractivity contribution in [3.05, 3.63) is 11.7 Å². The summed E-state index contributed by atoms with van der Waals surface area (Å²) in [6, 6.07) is 0.216. The lowest BCUT2D eigenvalue weighted by Crippen LogP contribution is -2.21. The first-order valence-corrected chi connectivity index (χ1v) is 6.45. The van der Waals surface area contributed by atoms with E-state index in [1.807, 2.05) is 6.92 Å². The second kappa shape index (κ2) is 6.29. The first kappa shape index (κ1) is 15.1. The zero-order valence-electron chi connectivity index (χ0n) is 12.1. The largest absolute Gasteiger partial charge is 0.373 e. The van der Waals surface area contributed by atoms with Gasteiger partial charge in [-0.1, -0.05) is 25.9 Å². The summed E-state index contributed by atoms with van der Waals surface area (Å²) < 4.78 is 10.7. The molecule has 0 spiro atoms. The zero-order chi connectivity index (χ0) is 13.8. The second-order valence-corrected chi connectivity index (χ2v) is 5.90. The van der Waals surface area contributed by atoms with Crippen LogP contribution < -0.4 is 5.73 Å². The zero-order valence-corrected chi connectivity index (χ0v) is 12.1. The lowest BCUT2D eigenvalue weighted by atomic mass is 9.88. The molecule has 1 aromatic rings. The van der Waals surface area contributed by atoms with Crippen LogP contribution in [0.4, 0.5) is 0 Å². The van der Waals surface area contributed by atoms with Crippen molar-refractivity contribution in [3.8, 4) is 0 Å². The molecular formula is C13H25N3O2. The molecule has 104 valence electrons. The normalized spacial score (nSPS) is 15.7. The molecule has 1 rings (SSSR count). The van der Waals surface area contributed by atoms with Crippen molar-refractivity contribution in [2.45, 2.75) is 59.1 Å². The van der Waals surface area contributed by atoms with Crippen molar-refractivity contribution in [1.82, 2.24) is 10.1 Å². The standard InChI is InChI=1S/C13H25N3O2/c1-9(14)7-6-8-10-15-12(16-18-10)11(17-5)13(2,3)4/h9,11H,6-8,14H2,1-5H3. The number of aryl methyl sites for hydroxylation is 1. The van der Waals surface area contributed by atoms with Crippen LogP contribution in [-0.4, -0.2) is 23.3 Å². The molecule has 5 heteroatoms. The van der Waals surface area contributed by atoms with E-state index in [1.165, 1.54) is 0 Å². The number of methoxy groups -OCH3 is 1. The van der Waals surface area contributed by atoms with Gasteiger partial charge in [0.25, 0.3) is 0 Å². The molecule has 0 bridgehead atoms. The van der Waals surface area contributed by atoms with E-state index in [9.17, 15) is 0 Å². The van der Waals surface area contributed by atoms with Crippen LogP contribution in [0.3, 0.4) is 0 Å². The molecule has 18 heavy (non-hydrogen) atoms. The molecule has 2 unspecified atom stereocenters. The van der Waals surface area contributed by atoms with Gasteiger partial charge in [-0.25, -0.2) is 0 Å². The maximum absolute atomic E-state index is 5.70. The fourth-order valence-corrected chi connectivity index (χ4v) is 1.90. The van der Waals surface area contributed by atoms with Crippen molar-refractivity contribution >= 4 is 0 Å². The third kappa shape index (κ3) is 4.38. The fourth-order valence-electron chi connectivity index (χ4n) is 1.90. The monoisotopic (exact) mass is 255 g/mol. The number of nitrogens with two attached hydrogens (primary N) is 1. The maximum Gasteiger partial charge on any atom is 0.226 e. The Kier molecular flexibility index (Phi) is 5.28. The van der Waals surface area contributed by atoms with Crippen LogP contribution in [0.1, 0.15) is 58.4 Å². The van der Waals surface area contributed by atoms with Crippen molar-refractivity contribution in [2.24, 2.45) is 11.1 Å². The van der Waals surface area contributed by atoms with Gasteiger partial charge in [0.15, 0.2) is 0 Å². The predicted molar refractivity (Wildman–Crippen MR) is 70.1 cm³/mol. The first-order chi connectivity index (χ1) is 8.34. The second-order valence-electron chi connectivity index (χ2n) is 5.90. The molecule has 0 aliphatic rings. The van der Waals surface area contributed by atoms with Crippen molar-refractivity contribution in [3.63, 3.8) is 0 Å². The number of hydrogen-bond donors (Lipinski definition) is 1. The van der Waals surface area contributed by atoms with Gasteiger partial charge in [0, 0.05) is 19.6 Å². The summed E-state index contributed by atoms with van der Waals surface area (Å²) in [6.45, 7) is 8.27. The summed E-state index contributed by atoms with van der Waals surface area (Å²) in [6.07, 6.45) is 2.55. The molecule has 0 saturated heterocycles. The molecule has 0 saturated carbocycles. The lowest BCUT2D eigenvalue weighted by Gasteiger charge is -2.26. The molecule has 0 aliphatic carbocycles. The van der Waals surface area contributed by atoms with Gasteiger partial charge in [-0.05, 0) is 25.2 Å². The molecule has 1 aromatic heterocycles. The lowest BCUT2D eigenvalue weighted by molar-refractivity contribution is 0.00718. The molecule has 2 atom stereocenters. The number of ether oxygens (including phenoxy) is 1. The Labute approximate surface area is 109 Å². The topological polar surface area (TPSA) is 74.2 Å². The summed E-state index contributed by atoms with van der Waals surface area (Å²) in [5.74, 6) is 1.29. The maximum atomic E-state index is 5.70. The highest BCUT2D eigenvalue weighted by Crippen LogP contribution is 2.33. The molecule has 2 N–H and O–H groups in total. The van der Waals surface area contributed by atoms with Gasteiger partial charge in [-0.15, -0.1) is 0 Å². The third-order valence-electron chi connectivity index (χ3n) is 2.79. The number of nitrogens with zero attached hydrogens (tertiary/aromatic N) is 2. The Morgan fingerprint density at radius 3 is 2.56 bits per heavy atom. The SMILES string of the molecule is COC(c1noc(CCCC(C)N)n1)C(C)(C)C. The highest BCUT2D eigenvalue weighted by molar-refractivity contribution is 4.96. The molecule has 0 radical (unpaired) electrons. The van der Waals surface area contributed by atoms with Crippen LogP contribution in [0.2, 0.25) is 0 Å². The summed E-state index contributed by atoms with van der Waals surface area (Å²) in [4.78, 5) is 4.40. The van der Waals surface area contributed by atoms with E-state index in [0.29, 0.717) is 11.7 Å². The number of aromatic nitrogens is 2. The number of rotatable bonds is 6. The van der Waals surface area contributed by atoms with Crippen molar-refractivity contribution in [1.29, 1.82) is 0 Å². The van der Waals surface area contributed by atoms with Crippen molar-refractivity contribution in [2.75, 3.05) is 7.11 Å². The third-order valence-corrected chi connectivity index (χ3v) is 2.79. The Morgan fingerprint density at radius 2 is 2.06 bits per heavy atom. The van der Waals surface area contributed by atoms with E-state index in [-0.39, 0.29) is 17.6 Å². The molecule has 5 nitrogen and oxygen atoms in total. The minimum Gasteiger partial charge on any atom is -0.373 e. The molecule has 0 aromatic carbocycles. The Morgan fingerprint density at radius 1 is 1.39 bits per heavy atom. The van der Waals surface area contributed by atoms with Crippen LogP contribution in [0.15, 0.2) is 4.52 Å². The minimum atomic E-state index is -0.150. The highest BCUT2D eigenvalue weighted by atomic mass is 16.5. The van der Waals surface area contributed by atoms with Gasteiger partial charge in [0.2, 0.25) is 11.7 Å². The van der Waals surface area contributed by atoms with Crippen LogP contribution in [-0.2, 0) is 11.2 Å². The van der Waals surface area contributed by atoms with E-state index in [2.05, 4.69) is 30.9 Å². The van der Waals surface area contributed by atoms with E-state index < -0.39 is 0 Å². The molecular weight excluding hydrogens is 230 g/mol. The highest BCUT2D eigenvalue weighted by Gasteiger charge is 2.30. The Bertz CT molecular complexity index is 355. The smallest absolute Gasteiger partial charge is 0.226 e. The van der Waals surface area contributed by atoms with E-state index in [1.54, 1.807) is 7.11 Å². The van der Waals surface area contributed by atoms with Gasteiger partial charge >= 0.3 is 0 Å². The van der Waals surface area contributed by atoms with Gasteiger partial charge < -0.3 is 15.0 Å². The minimum absolute atomic E-state index is 0.0539. The van der Waals surface area contributed by atoms with Crippen molar-refractivity contribution < 1.29 is 9.26 Å². The van der Waals surface area contributed by atoms with Crippen LogP contribution in [0.25, 0.3) is 0 Å². The van der Waals surface area contributed by atoms with Gasteiger partial charge in [-0.2, -0.15) is 4.98 Å². The van der Waals surface area contributed by atoms with E-state index in [4.69, 9.17) is 15.0 Å². The fraction of sp³-hybridized carbons (Fsp3) is 0.846. The molecule has 0 fully saturated rings. The van der Waals surface area contributed by atoms with Gasteiger partial charge in [0.1, 0.15) is 6.10 Å². The number of hydrogen-bond acceptors (Lipinski definition) is 5. The molecule has 1 heterocycles. The Balaban J connectivity index is 2.62. The van der Waals surface area contributed by atoms with E-state index in [0.717, 1.165) is 19.3 Å². The van der Waals surface area contributed by atoms with Gasteiger partial charge in [0.05, 0.1) is 0 Å². The predicted octanol–water partition coefficient (Wildman–Crippen LogP) is 2.47. The van der Waals surface area contributed by atoms with Crippen LogP contribution >= 0.6 is 0 Å². The van der Waals surface area contributed by atoms with Crippen LogP contribution in [0, 0.1) is 5.41 Å². The first-order valence-electron chi connectivity index (χ1n) is 6.45. The summed E-state index contributed by atoms with van der Waals surface area (Å²) in [5.41, 5.74) is 5.65. The van der Waals surface area contributed by atoms with Crippen LogP contribution in [0.5, 0.6) is 0 Å². The molecule has 0 aliphatic heterocycles. The summed E-state index contributed by atoms with van der Waals surface area (Å²) >= 11 is 0.